The molecule has 2 unspecified atom stereocenters. The lowest BCUT2D eigenvalue weighted by Gasteiger charge is -2.32. The van der Waals surface area contributed by atoms with E-state index >= 15 is 0 Å². The molecule has 3 heterocycles. The van der Waals surface area contributed by atoms with E-state index in [9.17, 15) is 8.42 Å². The number of hydrogen-bond acceptors (Lipinski definition) is 6. The molecule has 0 amide bonds. The summed E-state index contributed by atoms with van der Waals surface area (Å²) in [6.45, 7) is 4.32. The molecule has 0 aromatic carbocycles. The van der Waals surface area contributed by atoms with Crippen molar-refractivity contribution in [2.75, 3.05) is 41.4 Å². The fourth-order valence-electron chi connectivity index (χ4n) is 3.33. The Bertz CT molecular complexity index is 634. The molecule has 0 saturated carbocycles. The summed E-state index contributed by atoms with van der Waals surface area (Å²) >= 11 is 0. The molecule has 2 aliphatic rings. The SMILES string of the molecule is CC1CCCN(c2ccnc(N(C)C3CCS(=O)(=O)C3)n2)C1. The van der Waals surface area contributed by atoms with Gasteiger partial charge in [-0.15, -0.1) is 0 Å². The predicted molar refractivity (Wildman–Crippen MR) is 88.1 cm³/mol. The molecule has 0 bridgehead atoms. The fraction of sp³-hybridized carbons (Fsp3) is 0.733. The van der Waals surface area contributed by atoms with Crippen molar-refractivity contribution in [2.45, 2.75) is 32.2 Å². The number of hydrogen-bond donors (Lipinski definition) is 0. The largest absolute Gasteiger partial charge is 0.356 e. The maximum Gasteiger partial charge on any atom is 0.227 e. The molecular weight excluding hydrogens is 300 g/mol. The standard InChI is InChI=1S/C15H24N4O2S/c1-12-4-3-8-19(10-12)14-5-7-16-15(17-14)18(2)13-6-9-22(20,21)11-13/h5,7,12-13H,3-4,6,8-11H2,1-2H3. The van der Waals surface area contributed by atoms with Crippen molar-refractivity contribution in [3.63, 3.8) is 0 Å². The number of anilines is 2. The van der Waals surface area contributed by atoms with Crippen molar-refractivity contribution in [1.82, 2.24) is 9.97 Å². The summed E-state index contributed by atoms with van der Waals surface area (Å²) in [4.78, 5) is 13.2. The van der Waals surface area contributed by atoms with Crippen LogP contribution in [-0.2, 0) is 9.84 Å². The highest BCUT2D eigenvalue weighted by atomic mass is 32.2. The van der Waals surface area contributed by atoms with Crippen molar-refractivity contribution in [2.24, 2.45) is 5.92 Å². The summed E-state index contributed by atoms with van der Waals surface area (Å²) in [5.41, 5.74) is 0. The number of rotatable bonds is 3. The van der Waals surface area contributed by atoms with E-state index in [2.05, 4.69) is 21.8 Å². The first-order valence-electron chi connectivity index (χ1n) is 7.96. The van der Waals surface area contributed by atoms with Crippen LogP contribution >= 0.6 is 0 Å². The van der Waals surface area contributed by atoms with Gasteiger partial charge in [-0.2, -0.15) is 4.98 Å². The molecule has 0 spiro atoms. The van der Waals surface area contributed by atoms with Crippen LogP contribution in [0.5, 0.6) is 0 Å². The molecule has 7 heteroatoms. The van der Waals surface area contributed by atoms with Crippen molar-refractivity contribution in [1.29, 1.82) is 0 Å². The average molecular weight is 324 g/mol. The Balaban J connectivity index is 1.76. The quantitative estimate of drug-likeness (QED) is 0.836. The Morgan fingerprint density at radius 2 is 2.18 bits per heavy atom. The van der Waals surface area contributed by atoms with E-state index in [1.165, 1.54) is 12.8 Å². The molecule has 1 aromatic rings. The molecule has 0 radical (unpaired) electrons. The van der Waals surface area contributed by atoms with Gasteiger partial charge in [-0.25, -0.2) is 13.4 Å². The van der Waals surface area contributed by atoms with Gasteiger partial charge in [0.1, 0.15) is 5.82 Å². The Kier molecular flexibility index (Phi) is 4.25. The van der Waals surface area contributed by atoms with Gasteiger partial charge in [-0.05, 0) is 31.2 Å². The van der Waals surface area contributed by atoms with Crippen molar-refractivity contribution in [3.05, 3.63) is 12.3 Å². The van der Waals surface area contributed by atoms with Crippen LogP contribution in [0.4, 0.5) is 11.8 Å². The van der Waals surface area contributed by atoms with Crippen LogP contribution in [0.1, 0.15) is 26.2 Å². The molecule has 0 N–H and O–H groups in total. The molecule has 2 aliphatic heterocycles. The molecule has 3 rings (SSSR count). The van der Waals surface area contributed by atoms with E-state index in [1.807, 2.05) is 18.0 Å². The molecular formula is C15H24N4O2S. The third-order valence-electron chi connectivity index (χ3n) is 4.68. The summed E-state index contributed by atoms with van der Waals surface area (Å²) in [5, 5.41) is 0. The van der Waals surface area contributed by atoms with Gasteiger partial charge in [0.2, 0.25) is 5.95 Å². The second-order valence-electron chi connectivity index (χ2n) is 6.58. The molecule has 1 aromatic heterocycles. The van der Waals surface area contributed by atoms with Crippen molar-refractivity contribution >= 4 is 21.6 Å². The van der Waals surface area contributed by atoms with Gasteiger partial charge < -0.3 is 9.80 Å². The smallest absolute Gasteiger partial charge is 0.227 e. The maximum absolute atomic E-state index is 11.7. The van der Waals surface area contributed by atoms with E-state index in [-0.39, 0.29) is 17.5 Å². The number of piperidine rings is 1. The molecule has 6 nitrogen and oxygen atoms in total. The number of nitrogens with zero attached hydrogens (tertiary/aromatic N) is 4. The first-order valence-corrected chi connectivity index (χ1v) is 9.78. The molecule has 2 atom stereocenters. The highest BCUT2D eigenvalue weighted by Crippen LogP contribution is 2.24. The number of sulfone groups is 1. The molecule has 0 aliphatic carbocycles. The van der Waals surface area contributed by atoms with E-state index in [0.29, 0.717) is 18.3 Å². The second-order valence-corrected chi connectivity index (χ2v) is 8.80. The Morgan fingerprint density at radius 1 is 1.36 bits per heavy atom. The Hall–Kier alpha value is -1.37. The van der Waals surface area contributed by atoms with Gasteiger partial charge in [0.15, 0.2) is 9.84 Å². The van der Waals surface area contributed by atoms with Crippen LogP contribution in [0.3, 0.4) is 0 Å². The van der Waals surface area contributed by atoms with Crippen LogP contribution in [0.15, 0.2) is 12.3 Å². The van der Waals surface area contributed by atoms with Gasteiger partial charge in [0.25, 0.3) is 0 Å². The fourth-order valence-corrected chi connectivity index (χ4v) is 5.10. The summed E-state index contributed by atoms with van der Waals surface area (Å²) in [7, 11) is -1.00. The van der Waals surface area contributed by atoms with Crippen molar-refractivity contribution < 1.29 is 8.42 Å². The van der Waals surface area contributed by atoms with E-state index in [4.69, 9.17) is 0 Å². The normalized spacial score (nSPS) is 27.8. The second kappa shape index (κ2) is 6.02. The molecule has 2 saturated heterocycles. The van der Waals surface area contributed by atoms with E-state index in [0.717, 1.165) is 18.9 Å². The number of aromatic nitrogens is 2. The lowest BCUT2D eigenvalue weighted by atomic mass is 10.0. The zero-order valence-electron chi connectivity index (χ0n) is 13.3. The van der Waals surface area contributed by atoms with E-state index in [1.54, 1.807) is 6.20 Å². The van der Waals surface area contributed by atoms with Gasteiger partial charge in [0, 0.05) is 32.4 Å². The summed E-state index contributed by atoms with van der Waals surface area (Å²) in [5.74, 6) is 2.73. The minimum absolute atomic E-state index is 0.0134. The summed E-state index contributed by atoms with van der Waals surface area (Å²) in [6, 6.07) is 1.93. The Labute approximate surface area is 132 Å². The highest BCUT2D eigenvalue weighted by molar-refractivity contribution is 7.91. The summed E-state index contributed by atoms with van der Waals surface area (Å²) < 4.78 is 23.3. The van der Waals surface area contributed by atoms with Gasteiger partial charge in [-0.1, -0.05) is 6.92 Å². The minimum atomic E-state index is -2.89. The zero-order valence-corrected chi connectivity index (χ0v) is 14.1. The lowest BCUT2D eigenvalue weighted by Crippen LogP contribution is -2.36. The van der Waals surface area contributed by atoms with Gasteiger partial charge in [-0.3, -0.25) is 0 Å². The van der Waals surface area contributed by atoms with Gasteiger partial charge in [0.05, 0.1) is 11.5 Å². The van der Waals surface area contributed by atoms with Crippen LogP contribution < -0.4 is 9.80 Å². The topological polar surface area (TPSA) is 66.4 Å². The molecule has 122 valence electrons. The third-order valence-corrected chi connectivity index (χ3v) is 6.43. The molecule has 22 heavy (non-hydrogen) atoms. The highest BCUT2D eigenvalue weighted by Gasteiger charge is 2.32. The summed E-state index contributed by atoms with van der Waals surface area (Å²) in [6.07, 6.45) is 4.90. The predicted octanol–water partition coefficient (Wildman–Crippen LogP) is 1.34. The first kappa shape index (κ1) is 15.5. The van der Waals surface area contributed by atoms with E-state index < -0.39 is 9.84 Å². The van der Waals surface area contributed by atoms with Crippen LogP contribution in [0, 0.1) is 5.92 Å². The average Bonchev–Trinajstić information content (AvgIpc) is 2.87. The van der Waals surface area contributed by atoms with Gasteiger partial charge >= 0.3 is 0 Å². The minimum Gasteiger partial charge on any atom is -0.356 e. The zero-order chi connectivity index (χ0) is 15.7. The Morgan fingerprint density at radius 3 is 2.86 bits per heavy atom. The van der Waals surface area contributed by atoms with Crippen LogP contribution in [0.25, 0.3) is 0 Å². The van der Waals surface area contributed by atoms with Crippen molar-refractivity contribution in [3.8, 4) is 0 Å². The molecule has 2 fully saturated rings. The maximum atomic E-state index is 11.7. The third kappa shape index (κ3) is 3.34. The first-order chi connectivity index (χ1) is 10.4. The monoisotopic (exact) mass is 324 g/mol. The van der Waals surface area contributed by atoms with Crippen LogP contribution in [0.2, 0.25) is 0 Å². The van der Waals surface area contributed by atoms with Crippen LogP contribution in [-0.4, -0.2) is 56.1 Å². The lowest BCUT2D eigenvalue weighted by molar-refractivity contribution is 0.444.